The van der Waals surface area contributed by atoms with Crippen LogP contribution in [-0.4, -0.2) is 0 Å². The predicted octanol–water partition coefficient (Wildman–Crippen LogP) is 4.76. The molecule has 0 bridgehead atoms. The average Bonchev–Trinajstić information content (AvgIpc) is 2.16. The number of hydrogen-bond acceptors (Lipinski definition) is 0. The Hall–Kier alpha value is -0.300. The molecule has 0 amide bonds. The maximum absolute atomic E-state index is 3.70. The summed E-state index contributed by atoms with van der Waals surface area (Å²) in [4.78, 5) is 0.473. The Labute approximate surface area is 101 Å². The van der Waals surface area contributed by atoms with E-state index in [-0.39, 0.29) is 0 Å². The molecule has 1 heteroatoms. The van der Waals surface area contributed by atoms with Gasteiger partial charge in [0, 0.05) is 4.83 Å². The van der Waals surface area contributed by atoms with Crippen LogP contribution < -0.4 is 0 Å². The second kappa shape index (κ2) is 3.93. The lowest BCUT2D eigenvalue weighted by Crippen LogP contribution is -2.24. The Morgan fingerprint density at radius 2 is 2.07 bits per heavy atom. The van der Waals surface area contributed by atoms with Crippen LogP contribution in [0.25, 0.3) is 0 Å². The van der Waals surface area contributed by atoms with E-state index in [0.717, 1.165) is 0 Å². The Bertz CT molecular complexity index is 364. The molecule has 1 unspecified atom stereocenters. The third kappa shape index (κ3) is 1.99. The number of fused-ring (bicyclic) bond motifs is 1. The van der Waals surface area contributed by atoms with E-state index in [4.69, 9.17) is 0 Å². The van der Waals surface area contributed by atoms with Crippen LogP contribution in [0.4, 0.5) is 0 Å². The van der Waals surface area contributed by atoms with E-state index in [1.54, 1.807) is 11.1 Å². The Morgan fingerprint density at radius 1 is 1.33 bits per heavy atom. The van der Waals surface area contributed by atoms with E-state index >= 15 is 0 Å². The molecule has 0 aliphatic heterocycles. The van der Waals surface area contributed by atoms with Gasteiger partial charge in [0.2, 0.25) is 0 Å². The maximum atomic E-state index is 3.70. The van der Waals surface area contributed by atoms with Gasteiger partial charge >= 0.3 is 0 Å². The minimum absolute atomic E-state index is 0.367. The number of benzene rings is 1. The molecule has 1 aliphatic rings. The Balaban J connectivity index is 2.56. The predicted molar refractivity (Wildman–Crippen MR) is 69.7 cm³/mol. The summed E-state index contributed by atoms with van der Waals surface area (Å²) in [6.45, 7) is 6.96. The van der Waals surface area contributed by atoms with E-state index in [1.165, 1.54) is 24.8 Å². The van der Waals surface area contributed by atoms with Gasteiger partial charge in [-0.05, 0) is 48.3 Å². The van der Waals surface area contributed by atoms with Crippen LogP contribution in [0.1, 0.15) is 55.1 Å². The number of hydrogen-bond donors (Lipinski definition) is 0. The molecule has 2 rings (SSSR count). The molecule has 82 valence electrons. The topological polar surface area (TPSA) is 0 Å². The van der Waals surface area contributed by atoms with Crippen LogP contribution in [0, 0.1) is 0 Å². The van der Waals surface area contributed by atoms with E-state index in [9.17, 15) is 0 Å². The number of alkyl halides is 1. The van der Waals surface area contributed by atoms with Gasteiger partial charge in [0.05, 0.1) is 0 Å². The summed E-state index contributed by atoms with van der Waals surface area (Å²) in [5.74, 6) is 0. The first-order chi connectivity index (χ1) is 7.02. The first kappa shape index (κ1) is 11.2. The number of rotatable bonds is 1. The fraction of sp³-hybridized carbons (Fsp3) is 0.571. The quantitative estimate of drug-likeness (QED) is 0.644. The highest BCUT2D eigenvalue weighted by molar-refractivity contribution is 9.09. The maximum Gasteiger partial charge on any atom is 0.0369 e. The van der Waals surface area contributed by atoms with Crippen molar-refractivity contribution in [3.8, 4) is 0 Å². The summed E-state index contributed by atoms with van der Waals surface area (Å²) in [5.41, 5.74) is 5.02. The lowest BCUT2D eigenvalue weighted by atomic mass is 9.71. The van der Waals surface area contributed by atoms with Crippen molar-refractivity contribution in [3.63, 3.8) is 0 Å². The highest BCUT2D eigenvalue weighted by Gasteiger charge is 2.28. The van der Waals surface area contributed by atoms with Crippen LogP contribution in [0.5, 0.6) is 0 Å². The molecule has 0 fully saturated rings. The number of halogens is 1. The highest BCUT2D eigenvalue weighted by atomic mass is 79.9. The van der Waals surface area contributed by atoms with Crippen molar-refractivity contribution in [2.45, 2.75) is 50.3 Å². The minimum atomic E-state index is 0.367. The zero-order valence-corrected chi connectivity index (χ0v) is 11.4. The minimum Gasteiger partial charge on any atom is -0.0842 e. The van der Waals surface area contributed by atoms with Crippen molar-refractivity contribution < 1.29 is 0 Å². The Morgan fingerprint density at radius 3 is 2.73 bits per heavy atom. The first-order valence-electron chi connectivity index (χ1n) is 5.79. The molecule has 1 aliphatic carbocycles. The van der Waals surface area contributed by atoms with Crippen LogP contribution >= 0.6 is 15.9 Å². The normalized spacial score (nSPS) is 20.8. The third-order valence-electron chi connectivity index (χ3n) is 3.60. The van der Waals surface area contributed by atoms with Gasteiger partial charge in [0.15, 0.2) is 0 Å². The molecule has 0 aromatic heterocycles. The molecule has 0 nitrogen and oxygen atoms in total. The van der Waals surface area contributed by atoms with Crippen molar-refractivity contribution >= 4 is 15.9 Å². The standard InChI is InChI=1S/C14H19Br/c1-10(15)11-6-4-8-13-12(11)7-5-9-14(13,2)3/h4,6,8,10H,5,7,9H2,1-3H3. The SMILES string of the molecule is CC(Br)c1cccc2c1CCCC2(C)C. The van der Waals surface area contributed by atoms with E-state index in [0.29, 0.717) is 10.2 Å². The molecule has 1 atom stereocenters. The van der Waals surface area contributed by atoms with Gasteiger partial charge in [-0.2, -0.15) is 0 Å². The zero-order valence-electron chi connectivity index (χ0n) is 9.81. The summed E-state index contributed by atoms with van der Waals surface area (Å²) in [5, 5.41) is 0. The molecular formula is C14H19Br. The van der Waals surface area contributed by atoms with Crippen LogP contribution in [0.3, 0.4) is 0 Å². The Kier molecular flexibility index (Phi) is 2.94. The van der Waals surface area contributed by atoms with Crippen molar-refractivity contribution in [1.29, 1.82) is 0 Å². The largest absolute Gasteiger partial charge is 0.0842 e. The van der Waals surface area contributed by atoms with Gasteiger partial charge in [-0.3, -0.25) is 0 Å². The van der Waals surface area contributed by atoms with Crippen LogP contribution in [0.15, 0.2) is 18.2 Å². The summed E-state index contributed by atoms with van der Waals surface area (Å²) >= 11 is 3.70. The van der Waals surface area contributed by atoms with Gasteiger partial charge in [0.25, 0.3) is 0 Å². The molecule has 0 radical (unpaired) electrons. The molecule has 1 aromatic rings. The molecule has 0 spiro atoms. The van der Waals surface area contributed by atoms with Crippen molar-refractivity contribution in [2.75, 3.05) is 0 Å². The molecule has 15 heavy (non-hydrogen) atoms. The average molecular weight is 267 g/mol. The lowest BCUT2D eigenvalue weighted by Gasteiger charge is -2.34. The van der Waals surface area contributed by atoms with Gasteiger partial charge in [-0.15, -0.1) is 0 Å². The molecular weight excluding hydrogens is 248 g/mol. The third-order valence-corrected chi connectivity index (χ3v) is 4.09. The summed E-state index contributed by atoms with van der Waals surface area (Å²) in [6.07, 6.45) is 3.90. The van der Waals surface area contributed by atoms with Gasteiger partial charge in [0.1, 0.15) is 0 Å². The first-order valence-corrected chi connectivity index (χ1v) is 6.70. The molecule has 0 N–H and O–H groups in total. The molecule has 0 saturated carbocycles. The van der Waals surface area contributed by atoms with Gasteiger partial charge in [-0.25, -0.2) is 0 Å². The van der Waals surface area contributed by atoms with Gasteiger partial charge in [-0.1, -0.05) is 48.0 Å². The monoisotopic (exact) mass is 266 g/mol. The highest BCUT2D eigenvalue weighted by Crippen LogP contribution is 2.40. The zero-order chi connectivity index (χ0) is 11.1. The second-order valence-corrected chi connectivity index (χ2v) is 6.60. The molecule has 1 aromatic carbocycles. The van der Waals surface area contributed by atoms with E-state index in [2.05, 4.69) is 54.9 Å². The summed E-state index contributed by atoms with van der Waals surface area (Å²) in [7, 11) is 0. The van der Waals surface area contributed by atoms with E-state index < -0.39 is 0 Å². The fourth-order valence-electron chi connectivity index (χ4n) is 2.73. The van der Waals surface area contributed by atoms with Crippen LogP contribution in [0.2, 0.25) is 0 Å². The molecule has 0 saturated heterocycles. The molecule has 0 heterocycles. The second-order valence-electron chi connectivity index (χ2n) is 5.23. The fourth-order valence-corrected chi connectivity index (χ4v) is 3.16. The van der Waals surface area contributed by atoms with Crippen molar-refractivity contribution in [2.24, 2.45) is 0 Å². The smallest absolute Gasteiger partial charge is 0.0369 e. The van der Waals surface area contributed by atoms with E-state index in [1.807, 2.05) is 0 Å². The lowest BCUT2D eigenvalue weighted by molar-refractivity contribution is 0.430. The summed E-state index contributed by atoms with van der Waals surface area (Å²) < 4.78 is 0. The van der Waals surface area contributed by atoms with Crippen molar-refractivity contribution in [1.82, 2.24) is 0 Å². The van der Waals surface area contributed by atoms with Crippen molar-refractivity contribution in [3.05, 3.63) is 34.9 Å². The van der Waals surface area contributed by atoms with Gasteiger partial charge < -0.3 is 0 Å². The van der Waals surface area contributed by atoms with Crippen LogP contribution in [-0.2, 0) is 11.8 Å². The summed E-state index contributed by atoms with van der Waals surface area (Å²) in [6, 6.07) is 6.78.